The van der Waals surface area contributed by atoms with Crippen molar-refractivity contribution in [1.29, 1.82) is 0 Å². The minimum absolute atomic E-state index is 0.110. The first kappa shape index (κ1) is 18.1. The van der Waals surface area contributed by atoms with Gasteiger partial charge in [0.05, 0.1) is 11.8 Å². The van der Waals surface area contributed by atoms with Crippen molar-refractivity contribution in [2.45, 2.75) is 26.9 Å². The van der Waals surface area contributed by atoms with Gasteiger partial charge in [-0.1, -0.05) is 36.4 Å². The van der Waals surface area contributed by atoms with Crippen LogP contribution in [0.3, 0.4) is 0 Å². The molecule has 0 spiro atoms. The molecule has 28 heavy (non-hydrogen) atoms. The van der Waals surface area contributed by atoms with Gasteiger partial charge in [0.2, 0.25) is 0 Å². The number of carbonyl (C=O) groups is 1. The number of aliphatic hydroxyl groups excluding tert-OH is 1. The third-order valence-corrected chi connectivity index (χ3v) is 4.91. The molecule has 0 radical (unpaired) electrons. The van der Waals surface area contributed by atoms with Gasteiger partial charge in [-0.05, 0) is 49.2 Å². The average molecular weight is 374 g/mol. The zero-order valence-electron chi connectivity index (χ0n) is 16.1. The molecule has 0 bridgehead atoms. The fourth-order valence-corrected chi connectivity index (χ4v) is 3.50. The number of benzene rings is 2. The quantitative estimate of drug-likeness (QED) is 0.575. The van der Waals surface area contributed by atoms with Gasteiger partial charge < -0.3 is 10.4 Å². The van der Waals surface area contributed by atoms with E-state index in [0.717, 1.165) is 27.7 Å². The van der Waals surface area contributed by atoms with Crippen molar-refractivity contribution in [3.05, 3.63) is 76.7 Å². The lowest BCUT2D eigenvalue weighted by atomic mass is 10.0. The zero-order chi connectivity index (χ0) is 19.8. The SMILES string of the molecule is Cc1cc(C)n2nc(C)c(C(=O)NCC(O)c3ccc4ccccc4c3)c2n1. The Morgan fingerprint density at radius 1 is 1.11 bits per heavy atom. The van der Waals surface area contributed by atoms with Crippen LogP contribution in [0.1, 0.15) is 39.1 Å². The van der Waals surface area contributed by atoms with Crippen molar-refractivity contribution in [1.82, 2.24) is 19.9 Å². The molecule has 0 fully saturated rings. The second-order valence-corrected chi connectivity index (χ2v) is 7.07. The van der Waals surface area contributed by atoms with E-state index >= 15 is 0 Å². The molecular weight excluding hydrogens is 352 g/mol. The molecule has 0 aliphatic rings. The van der Waals surface area contributed by atoms with Crippen LogP contribution in [-0.2, 0) is 0 Å². The highest BCUT2D eigenvalue weighted by Crippen LogP contribution is 2.21. The predicted molar refractivity (Wildman–Crippen MR) is 108 cm³/mol. The number of aliphatic hydroxyl groups is 1. The van der Waals surface area contributed by atoms with Crippen LogP contribution in [0, 0.1) is 20.8 Å². The fourth-order valence-electron chi connectivity index (χ4n) is 3.50. The minimum atomic E-state index is -0.799. The Balaban J connectivity index is 1.55. The maximum atomic E-state index is 12.8. The topological polar surface area (TPSA) is 79.5 Å². The summed E-state index contributed by atoms with van der Waals surface area (Å²) in [6.45, 7) is 5.72. The van der Waals surface area contributed by atoms with E-state index in [9.17, 15) is 9.90 Å². The molecule has 2 aromatic carbocycles. The molecule has 1 amide bonds. The Labute approximate surface area is 162 Å². The van der Waals surface area contributed by atoms with Crippen molar-refractivity contribution < 1.29 is 9.90 Å². The second-order valence-electron chi connectivity index (χ2n) is 7.07. The molecule has 1 unspecified atom stereocenters. The minimum Gasteiger partial charge on any atom is -0.387 e. The molecule has 4 aromatic rings. The molecule has 142 valence electrons. The third-order valence-electron chi connectivity index (χ3n) is 4.91. The average Bonchev–Trinajstić information content (AvgIpc) is 3.01. The van der Waals surface area contributed by atoms with Gasteiger partial charge in [-0.2, -0.15) is 5.10 Å². The van der Waals surface area contributed by atoms with Crippen molar-refractivity contribution in [2.24, 2.45) is 0 Å². The summed E-state index contributed by atoms with van der Waals surface area (Å²) >= 11 is 0. The molecule has 0 aliphatic heterocycles. The van der Waals surface area contributed by atoms with E-state index in [-0.39, 0.29) is 12.5 Å². The Morgan fingerprint density at radius 2 is 1.86 bits per heavy atom. The van der Waals surface area contributed by atoms with Gasteiger partial charge in [-0.25, -0.2) is 9.50 Å². The summed E-state index contributed by atoms with van der Waals surface area (Å²) in [7, 11) is 0. The maximum absolute atomic E-state index is 12.8. The number of rotatable bonds is 4. The van der Waals surface area contributed by atoms with Crippen LogP contribution < -0.4 is 5.32 Å². The summed E-state index contributed by atoms with van der Waals surface area (Å²) < 4.78 is 1.68. The van der Waals surface area contributed by atoms with Gasteiger partial charge in [0, 0.05) is 17.9 Å². The van der Waals surface area contributed by atoms with Gasteiger partial charge in [0.1, 0.15) is 5.56 Å². The number of carbonyl (C=O) groups excluding carboxylic acids is 1. The van der Waals surface area contributed by atoms with Gasteiger partial charge in [0.15, 0.2) is 5.65 Å². The first-order chi connectivity index (χ1) is 13.4. The number of fused-ring (bicyclic) bond motifs is 2. The van der Waals surface area contributed by atoms with E-state index in [2.05, 4.69) is 15.4 Å². The van der Waals surface area contributed by atoms with Crippen LogP contribution in [0.15, 0.2) is 48.5 Å². The summed E-state index contributed by atoms with van der Waals surface area (Å²) in [4.78, 5) is 17.3. The fraction of sp³-hybridized carbons (Fsp3) is 0.227. The summed E-state index contributed by atoms with van der Waals surface area (Å²) in [5.41, 5.74) is 4.10. The Kier molecular flexibility index (Phi) is 4.57. The van der Waals surface area contributed by atoms with E-state index in [1.165, 1.54) is 0 Å². The standard InChI is InChI=1S/C22H22N4O2/c1-13-10-14(2)26-21(24-13)20(15(3)25-26)22(28)23-12-19(27)18-9-8-16-6-4-5-7-17(16)11-18/h4-11,19,27H,12H2,1-3H3,(H,23,28). The number of nitrogens with zero attached hydrogens (tertiary/aromatic N) is 3. The molecule has 2 heterocycles. The van der Waals surface area contributed by atoms with Gasteiger partial charge >= 0.3 is 0 Å². The highest BCUT2D eigenvalue weighted by atomic mass is 16.3. The predicted octanol–water partition coefficient (Wildman–Crippen LogP) is 3.27. The molecule has 2 N–H and O–H groups in total. The van der Waals surface area contributed by atoms with Crippen molar-refractivity contribution in [3.63, 3.8) is 0 Å². The molecule has 0 saturated heterocycles. The van der Waals surface area contributed by atoms with Gasteiger partial charge in [-0.15, -0.1) is 0 Å². The highest BCUT2D eigenvalue weighted by Gasteiger charge is 2.20. The monoisotopic (exact) mass is 374 g/mol. The molecule has 6 heteroatoms. The largest absolute Gasteiger partial charge is 0.387 e. The van der Waals surface area contributed by atoms with Crippen LogP contribution in [0.2, 0.25) is 0 Å². The maximum Gasteiger partial charge on any atom is 0.257 e. The third kappa shape index (κ3) is 3.23. The number of hydrogen-bond donors (Lipinski definition) is 2. The first-order valence-corrected chi connectivity index (χ1v) is 9.22. The van der Waals surface area contributed by atoms with E-state index < -0.39 is 6.10 Å². The summed E-state index contributed by atoms with van der Waals surface area (Å²) in [5, 5.41) is 20.0. The Hall–Kier alpha value is -3.25. The number of aryl methyl sites for hydroxylation is 3. The van der Waals surface area contributed by atoms with E-state index in [4.69, 9.17) is 0 Å². The number of nitrogens with one attached hydrogen (secondary N) is 1. The number of hydrogen-bond acceptors (Lipinski definition) is 4. The van der Waals surface area contributed by atoms with Crippen molar-refractivity contribution in [2.75, 3.05) is 6.54 Å². The lowest BCUT2D eigenvalue weighted by Gasteiger charge is -2.13. The summed E-state index contributed by atoms with van der Waals surface area (Å²) in [5.74, 6) is -0.287. The molecular formula is C22H22N4O2. The molecule has 4 rings (SSSR count). The Bertz CT molecular complexity index is 1200. The molecule has 0 saturated carbocycles. The number of amides is 1. The van der Waals surface area contributed by atoms with Crippen molar-refractivity contribution in [3.8, 4) is 0 Å². The molecule has 0 aliphatic carbocycles. The van der Waals surface area contributed by atoms with E-state index in [0.29, 0.717) is 16.9 Å². The first-order valence-electron chi connectivity index (χ1n) is 9.22. The van der Waals surface area contributed by atoms with E-state index in [1.807, 2.05) is 62.4 Å². The lowest BCUT2D eigenvalue weighted by molar-refractivity contribution is 0.0917. The normalized spacial score (nSPS) is 12.4. The molecule has 1 atom stereocenters. The zero-order valence-corrected chi connectivity index (χ0v) is 16.1. The smallest absolute Gasteiger partial charge is 0.257 e. The van der Waals surface area contributed by atoms with Crippen LogP contribution in [0.4, 0.5) is 0 Å². The molecule has 2 aromatic heterocycles. The van der Waals surface area contributed by atoms with Crippen LogP contribution in [-0.4, -0.2) is 32.2 Å². The van der Waals surface area contributed by atoms with E-state index in [1.54, 1.807) is 11.4 Å². The summed E-state index contributed by atoms with van der Waals surface area (Å²) in [6, 6.07) is 15.7. The van der Waals surface area contributed by atoms with Gasteiger partial charge in [-0.3, -0.25) is 4.79 Å². The van der Waals surface area contributed by atoms with Gasteiger partial charge in [0.25, 0.3) is 5.91 Å². The highest BCUT2D eigenvalue weighted by molar-refractivity contribution is 6.01. The molecule has 6 nitrogen and oxygen atoms in total. The Morgan fingerprint density at radius 3 is 2.64 bits per heavy atom. The van der Waals surface area contributed by atoms with Crippen LogP contribution >= 0.6 is 0 Å². The van der Waals surface area contributed by atoms with Crippen LogP contribution in [0.5, 0.6) is 0 Å². The van der Waals surface area contributed by atoms with Crippen LogP contribution in [0.25, 0.3) is 16.4 Å². The summed E-state index contributed by atoms with van der Waals surface area (Å²) in [6.07, 6.45) is -0.799. The van der Waals surface area contributed by atoms with Crippen molar-refractivity contribution >= 4 is 22.3 Å². The lowest BCUT2D eigenvalue weighted by Crippen LogP contribution is -2.29. The second kappa shape index (κ2) is 7.05. The number of aromatic nitrogens is 3.